The maximum Gasteiger partial charge on any atom is 0.277 e. The first-order valence-electron chi connectivity index (χ1n) is 4.95. The molecular formula is C8H18N4O2S. The highest BCUT2D eigenvalue weighted by atomic mass is 32.2. The topological polar surface area (TPSA) is 108 Å². The first-order chi connectivity index (χ1) is 6.82. The van der Waals surface area contributed by atoms with Gasteiger partial charge < -0.3 is 5.73 Å². The lowest BCUT2D eigenvalue weighted by Crippen LogP contribution is -2.51. The predicted octanol–water partition coefficient (Wildman–Crippen LogP) is -0.467. The van der Waals surface area contributed by atoms with Gasteiger partial charge in [-0.05, 0) is 32.6 Å². The Morgan fingerprint density at radius 3 is 2.27 bits per heavy atom. The van der Waals surface area contributed by atoms with Gasteiger partial charge >= 0.3 is 0 Å². The van der Waals surface area contributed by atoms with Crippen molar-refractivity contribution in [2.75, 3.05) is 0 Å². The normalized spacial score (nSPS) is 19.1. The lowest BCUT2D eigenvalue weighted by atomic mass is 10.2. The molecule has 88 valence electrons. The van der Waals surface area contributed by atoms with Crippen molar-refractivity contribution in [3.05, 3.63) is 0 Å². The molecule has 1 atom stereocenters. The van der Waals surface area contributed by atoms with E-state index >= 15 is 0 Å². The fraction of sp³-hybridized carbons (Fsp3) is 0.875. The Bertz CT molecular complexity index is 335. The van der Waals surface area contributed by atoms with Crippen LogP contribution < -0.4 is 15.2 Å². The first kappa shape index (κ1) is 12.4. The maximum atomic E-state index is 11.5. The Labute approximate surface area is 90.3 Å². The van der Waals surface area contributed by atoms with E-state index in [2.05, 4.69) is 9.44 Å². The number of amidine groups is 1. The van der Waals surface area contributed by atoms with Crippen molar-refractivity contribution >= 4 is 16.0 Å². The second-order valence-corrected chi connectivity index (χ2v) is 5.64. The molecule has 0 bridgehead atoms. The largest absolute Gasteiger partial charge is 0.386 e. The third kappa shape index (κ3) is 4.15. The van der Waals surface area contributed by atoms with E-state index in [4.69, 9.17) is 11.1 Å². The van der Waals surface area contributed by atoms with Crippen molar-refractivity contribution < 1.29 is 8.42 Å². The average Bonchev–Trinajstić information content (AvgIpc) is 2.79. The number of nitrogens with one attached hydrogen (secondary N) is 3. The van der Waals surface area contributed by atoms with Gasteiger partial charge in [0.15, 0.2) is 0 Å². The minimum atomic E-state index is -3.55. The molecule has 0 aliphatic heterocycles. The second kappa shape index (κ2) is 4.46. The van der Waals surface area contributed by atoms with Gasteiger partial charge in [0.05, 0.1) is 6.04 Å². The molecule has 1 unspecified atom stereocenters. The fourth-order valence-corrected chi connectivity index (χ4v) is 2.70. The van der Waals surface area contributed by atoms with Crippen LogP contribution in [0.3, 0.4) is 0 Å². The molecule has 15 heavy (non-hydrogen) atoms. The van der Waals surface area contributed by atoms with Gasteiger partial charge in [0.2, 0.25) is 0 Å². The maximum absolute atomic E-state index is 11.5. The molecule has 1 aliphatic rings. The second-order valence-electron chi connectivity index (χ2n) is 4.16. The summed E-state index contributed by atoms with van der Waals surface area (Å²) in [5.41, 5.74) is 5.34. The average molecular weight is 234 g/mol. The first-order valence-corrected chi connectivity index (χ1v) is 6.43. The molecule has 0 spiro atoms. The van der Waals surface area contributed by atoms with E-state index < -0.39 is 16.3 Å². The molecule has 0 amide bonds. The van der Waals surface area contributed by atoms with E-state index in [1.807, 2.05) is 0 Å². The highest BCUT2D eigenvalue weighted by molar-refractivity contribution is 7.87. The molecule has 0 saturated heterocycles. The van der Waals surface area contributed by atoms with E-state index in [1.54, 1.807) is 13.8 Å². The SMILES string of the molecule is CC(C)NS(=O)(=O)NC(C(=N)N)C1CC1. The molecule has 1 saturated carbocycles. The van der Waals surface area contributed by atoms with Crippen molar-refractivity contribution in [3.8, 4) is 0 Å². The van der Waals surface area contributed by atoms with Crippen LogP contribution in [-0.2, 0) is 10.2 Å². The van der Waals surface area contributed by atoms with Crippen molar-refractivity contribution in [2.45, 2.75) is 38.8 Å². The fourth-order valence-electron chi connectivity index (χ4n) is 1.35. The Balaban J connectivity index is 2.61. The summed E-state index contributed by atoms with van der Waals surface area (Å²) >= 11 is 0. The van der Waals surface area contributed by atoms with E-state index in [0.717, 1.165) is 12.8 Å². The van der Waals surface area contributed by atoms with Gasteiger partial charge in [-0.1, -0.05) is 0 Å². The summed E-state index contributed by atoms with van der Waals surface area (Å²) in [5, 5.41) is 7.31. The van der Waals surface area contributed by atoms with E-state index in [1.165, 1.54) is 0 Å². The van der Waals surface area contributed by atoms with Gasteiger partial charge in [-0.25, -0.2) is 0 Å². The van der Waals surface area contributed by atoms with Gasteiger partial charge in [0.1, 0.15) is 5.84 Å². The molecule has 0 aromatic rings. The van der Waals surface area contributed by atoms with E-state index in [9.17, 15) is 8.42 Å². The smallest absolute Gasteiger partial charge is 0.277 e. The van der Waals surface area contributed by atoms with Crippen LogP contribution in [0.15, 0.2) is 0 Å². The summed E-state index contributed by atoms with van der Waals surface area (Å²) in [6.07, 6.45) is 1.85. The zero-order chi connectivity index (χ0) is 11.6. The molecule has 0 heterocycles. The molecule has 1 rings (SSSR count). The van der Waals surface area contributed by atoms with Gasteiger partial charge in [-0.15, -0.1) is 0 Å². The van der Waals surface area contributed by atoms with Gasteiger partial charge in [-0.3, -0.25) is 5.41 Å². The van der Waals surface area contributed by atoms with Crippen molar-refractivity contribution in [2.24, 2.45) is 11.7 Å². The lowest BCUT2D eigenvalue weighted by Gasteiger charge is -2.18. The number of rotatable bonds is 6. The predicted molar refractivity (Wildman–Crippen MR) is 58.8 cm³/mol. The minimum absolute atomic E-state index is 0.119. The van der Waals surface area contributed by atoms with Crippen LogP contribution in [0.25, 0.3) is 0 Å². The standard InChI is InChI=1S/C8H18N4O2S/c1-5(2)11-15(13,14)12-7(8(9)10)6-3-4-6/h5-7,11-12H,3-4H2,1-2H3,(H3,9,10). The van der Waals surface area contributed by atoms with E-state index in [0.29, 0.717) is 0 Å². The zero-order valence-corrected chi connectivity index (χ0v) is 9.76. The van der Waals surface area contributed by atoms with Crippen LogP contribution in [0, 0.1) is 11.3 Å². The number of hydrogen-bond acceptors (Lipinski definition) is 3. The zero-order valence-electron chi connectivity index (χ0n) is 8.95. The van der Waals surface area contributed by atoms with Crippen LogP contribution in [0.1, 0.15) is 26.7 Å². The summed E-state index contributed by atoms with van der Waals surface area (Å²) in [6.45, 7) is 3.47. The highest BCUT2D eigenvalue weighted by Crippen LogP contribution is 2.32. The number of hydrogen-bond donors (Lipinski definition) is 4. The van der Waals surface area contributed by atoms with Crippen LogP contribution in [0.5, 0.6) is 0 Å². The molecule has 0 radical (unpaired) electrons. The molecule has 0 aromatic carbocycles. The van der Waals surface area contributed by atoms with Crippen molar-refractivity contribution in [3.63, 3.8) is 0 Å². The van der Waals surface area contributed by atoms with E-state index in [-0.39, 0.29) is 17.8 Å². The molecule has 0 aromatic heterocycles. The monoisotopic (exact) mass is 234 g/mol. The molecular weight excluding hydrogens is 216 g/mol. The Kier molecular flexibility index (Phi) is 3.69. The van der Waals surface area contributed by atoms with Crippen LogP contribution in [0.4, 0.5) is 0 Å². The van der Waals surface area contributed by atoms with Gasteiger partial charge in [0, 0.05) is 6.04 Å². The third-order valence-corrected chi connectivity index (χ3v) is 3.45. The van der Waals surface area contributed by atoms with Crippen LogP contribution >= 0.6 is 0 Å². The third-order valence-electron chi connectivity index (χ3n) is 2.10. The summed E-state index contributed by atoms with van der Waals surface area (Å²) in [6, 6.07) is -0.726. The van der Waals surface area contributed by atoms with Crippen molar-refractivity contribution in [1.29, 1.82) is 5.41 Å². The minimum Gasteiger partial charge on any atom is -0.386 e. The molecule has 7 heteroatoms. The summed E-state index contributed by atoms with van der Waals surface area (Å²) in [7, 11) is -3.55. The quantitative estimate of drug-likeness (QED) is 0.368. The summed E-state index contributed by atoms with van der Waals surface area (Å²) in [5.74, 6) is 0.0675. The van der Waals surface area contributed by atoms with Gasteiger partial charge in [-0.2, -0.15) is 17.9 Å². The highest BCUT2D eigenvalue weighted by Gasteiger charge is 2.35. The van der Waals surface area contributed by atoms with Crippen molar-refractivity contribution in [1.82, 2.24) is 9.44 Å². The Hall–Kier alpha value is -0.660. The molecule has 5 N–H and O–H groups in total. The Morgan fingerprint density at radius 1 is 1.40 bits per heavy atom. The summed E-state index contributed by atoms with van der Waals surface area (Å²) < 4.78 is 27.8. The Morgan fingerprint density at radius 2 is 1.93 bits per heavy atom. The molecule has 1 fully saturated rings. The summed E-state index contributed by atoms with van der Waals surface area (Å²) in [4.78, 5) is 0. The molecule has 6 nitrogen and oxygen atoms in total. The molecule has 1 aliphatic carbocycles. The number of nitrogens with two attached hydrogens (primary N) is 1. The lowest BCUT2D eigenvalue weighted by molar-refractivity contribution is 0.539. The van der Waals surface area contributed by atoms with Gasteiger partial charge in [0.25, 0.3) is 10.2 Å². The van der Waals surface area contributed by atoms with Crippen LogP contribution in [0.2, 0.25) is 0 Å². The van der Waals surface area contributed by atoms with Crippen LogP contribution in [-0.4, -0.2) is 26.3 Å².